The molecule has 0 aliphatic rings. The second-order valence-electron chi connectivity index (χ2n) is 3.02. The Morgan fingerprint density at radius 2 is 1.81 bits per heavy atom. The number of rotatable bonds is 3. The number of hydrogen-bond donors (Lipinski definition) is 0. The zero-order valence-electron chi connectivity index (χ0n) is 8.05. The molecule has 2 nitrogen and oxygen atoms in total. The van der Waals surface area contributed by atoms with Crippen LogP contribution in [0.25, 0.3) is 0 Å². The zero-order chi connectivity index (χ0) is 12.2. The van der Waals surface area contributed by atoms with Gasteiger partial charge in [0, 0.05) is 5.88 Å². The smallest absolute Gasteiger partial charge is 0.422 e. The molecule has 16 heavy (non-hydrogen) atoms. The molecular weight excluding hydrogens is 245 g/mol. The third-order valence-corrected chi connectivity index (χ3v) is 2.02. The fraction of sp³-hybridized carbons (Fsp3) is 0.300. The molecule has 0 amide bonds. The summed E-state index contributed by atoms with van der Waals surface area (Å²) in [5.74, 6) is -0.726. The van der Waals surface area contributed by atoms with Crippen molar-refractivity contribution in [2.45, 2.75) is 12.1 Å². The second-order valence-corrected chi connectivity index (χ2v) is 3.29. The second kappa shape index (κ2) is 5.21. The van der Waals surface area contributed by atoms with Crippen LogP contribution in [0.15, 0.2) is 24.3 Å². The Balaban J connectivity index is 2.59. The summed E-state index contributed by atoms with van der Waals surface area (Å²) in [6.07, 6.45) is -4.51. The summed E-state index contributed by atoms with van der Waals surface area (Å²) < 4.78 is 39.3. The Bertz CT molecular complexity index is 359. The molecule has 1 aromatic carbocycles. The van der Waals surface area contributed by atoms with Crippen LogP contribution in [0.1, 0.15) is 15.9 Å². The maximum absolute atomic E-state index is 11.8. The molecular formula is C10H8ClF3O2. The van der Waals surface area contributed by atoms with Crippen molar-refractivity contribution in [3.8, 4) is 0 Å². The van der Waals surface area contributed by atoms with E-state index in [1.165, 1.54) is 12.1 Å². The molecule has 0 spiro atoms. The SMILES string of the molecule is O=C(OCC(F)(F)F)c1ccc(CCl)cc1. The first-order valence-corrected chi connectivity index (χ1v) is 4.84. The van der Waals surface area contributed by atoms with Crippen molar-refractivity contribution in [2.24, 2.45) is 0 Å². The number of carbonyl (C=O) groups excluding carboxylic acids is 1. The van der Waals surface area contributed by atoms with Crippen molar-refractivity contribution in [2.75, 3.05) is 6.61 Å². The molecule has 0 saturated carbocycles. The summed E-state index contributed by atoms with van der Waals surface area (Å²) in [6.45, 7) is -1.58. The summed E-state index contributed by atoms with van der Waals surface area (Å²) in [5, 5.41) is 0. The van der Waals surface area contributed by atoms with Crippen LogP contribution >= 0.6 is 11.6 Å². The van der Waals surface area contributed by atoms with E-state index in [-0.39, 0.29) is 11.4 Å². The van der Waals surface area contributed by atoms with E-state index in [2.05, 4.69) is 4.74 Å². The summed E-state index contributed by atoms with van der Waals surface area (Å²) in [7, 11) is 0. The summed E-state index contributed by atoms with van der Waals surface area (Å²) in [5.41, 5.74) is 0.840. The molecule has 0 bridgehead atoms. The van der Waals surface area contributed by atoms with Crippen molar-refractivity contribution in [3.63, 3.8) is 0 Å². The molecule has 0 radical (unpaired) electrons. The van der Waals surface area contributed by atoms with Gasteiger partial charge in [0.25, 0.3) is 0 Å². The molecule has 0 heterocycles. The number of hydrogen-bond acceptors (Lipinski definition) is 2. The predicted octanol–water partition coefficient (Wildman–Crippen LogP) is 3.14. The minimum atomic E-state index is -4.51. The maximum atomic E-state index is 11.8. The highest BCUT2D eigenvalue weighted by atomic mass is 35.5. The molecule has 0 aliphatic heterocycles. The number of esters is 1. The molecule has 0 unspecified atom stereocenters. The van der Waals surface area contributed by atoms with Crippen LogP contribution in [0.2, 0.25) is 0 Å². The molecule has 0 atom stereocenters. The van der Waals surface area contributed by atoms with Crippen LogP contribution in [-0.2, 0) is 10.6 Å². The van der Waals surface area contributed by atoms with Crippen molar-refractivity contribution >= 4 is 17.6 Å². The third kappa shape index (κ3) is 4.10. The van der Waals surface area contributed by atoms with E-state index in [0.717, 1.165) is 5.56 Å². The van der Waals surface area contributed by atoms with Crippen LogP contribution in [0.3, 0.4) is 0 Å². The van der Waals surface area contributed by atoms with Crippen molar-refractivity contribution < 1.29 is 22.7 Å². The molecule has 0 saturated heterocycles. The highest BCUT2D eigenvalue weighted by Gasteiger charge is 2.29. The van der Waals surface area contributed by atoms with E-state index >= 15 is 0 Å². The van der Waals surface area contributed by atoms with Gasteiger partial charge in [-0.05, 0) is 17.7 Å². The monoisotopic (exact) mass is 252 g/mol. The van der Waals surface area contributed by atoms with Gasteiger partial charge in [-0.1, -0.05) is 12.1 Å². The molecule has 0 fully saturated rings. The number of halogens is 4. The molecule has 0 aromatic heterocycles. The van der Waals surface area contributed by atoms with Gasteiger partial charge < -0.3 is 4.74 Å². The van der Waals surface area contributed by atoms with Gasteiger partial charge in [0.15, 0.2) is 6.61 Å². The Kier molecular flexibility index (Phi) is 4.18. The normalized spacial score (nSPS) is 11.2. The summed E-state index contributed by atoms with van der Waals surface area (Å²) in [4.78, 5) is 11.1. The van der Waals surface area contributed by atoms with E-state index in [0.29, 0.717) is 0 Å². The standard InChI is InChI=1S/C10H8ClF3O2/c11-5-7-1-3-8(4-2-7)9(15)16-6-10(12,13)14/h1-4H,5-6H2. The fourth-order valence-electron chi connectivity index (χ4n) is 0.961. The van der Waals surface area contributed by atoms with Crippen LogP contribution < -0.4 is 0 Å². The van der Waals surface area contributed by atoms with Crippen molar-refractivity contribution in [1.29, 1.82) is 0 Å². The van der Waals surface area contributed by atoms with Crippen LogP contribution in [0.5, 0.6) is 0 Å². The number of ether oxygens (including phenoxy) is 1. The molecule has 1 aromatic rings. The van der Waals surface area contributed by atoms with Crippen molar-refractivity contribution in [3.05, 3.63) is 35.4 Å². The van der Waals surface area contributed by atoms with Gasteiger partial charge in [-0.25, -0.2) is 4.79 Å². The lowest BCUT2D eigenvalue weighted by Crippen LogP contribution is -2.20. The molecule has 0 aliphatic carbocycles. The largest absolute Gasteiger partial charge is 0.452 e. The minimum Gasteiger partial charge on any atom is -0.452 e. The predicted molar refractivity (Wildman–Crippen MR) is 52.3 cm³/mol. The maximum Gasteiger partial charge on any atom is 0.422 e. The van der Waals surface area contributed by atoms with Gasteiger partial charge in [0.05, 0.1) is 5.56 Å². The van der Waals surface area contributed by atoms with Gasteiger partial charge in [-0.2, -0.15) is 13.2 Å². The third-order valence-electron chi connectivity index (χ3n) is 1.71. The van der Waals surface area contributed by atoms with Crippen molar-refractivity contribution in [1.82, 2.24) is 0 Å². The van der Waals surface area contributed by atoms with E-state index in [1.807, 2.05) is 0 Å². The van der Waals surface area contributed by atoms with Crippen LogP contribution in [0, 0.1) is 0 Å². The lowest BCUT2D eigenvalue weighted by Gasteiger charge is -2.07. The molecule has 0 N–H and O–H groups in total. The van der Waals surface area contributed by atoms with E-state index < -0.39 is 18.8 Å². The Morgan fingerprint density at radius 3 is 2.25 bits per heavy atom. The summed E-state index contributed by atoms with van der Waals surface area (Å²) in [6, 6.07) is 5.85. The Labute approximate surface area is 95.0 Å². The first-order valence-electron chi connectivity index (χ1n) is 4.31. The molecule has 6 heteroatoms. The fourth-order valence-corrected chi connectivity index (χ4v) is 1.14. The highest BCUT2D eigenvalue weighted by molar-refractivity contribution is 6.17. The molecule has 1 rings (SSSR count). The number of benzene rings is 1. The number of alkyl halides is 4. The zero-order valence-corrected chi connectivity index (χ0v) is 8.81. The van der Waals surface area contributed by atoms with Crippen LogP contribution in [0.4, 0.5) is 13.2 Å². The average molecular weight is 253 g/mol. The van der Waals surface area contributed by atoms with E-state index in [1.54, 1.807) is 12.1 Å². The van der Waals surface area contributed by atoms with E-state index in [4.69, 9.17) is 11.6 Å². The Hall–Kier alpha value is -1.23. The quantitative estimate of drug-likeness (QED) is 0.610. The Morgan fingerprint density at radius 1 is 1.25 bits per heavy atom. The lowest BCUT2D eigenvalue weighted by molar-refractivity contribution is -0.161. The lowest BCUT2D eigenvalue weighted by atomic mass is 10.1. The van der Waals surface area contributed by atoms with Gasteiger partial charge in [-0.3, -0.25) is 0 Å². The minimum absolute atomic E-state index is 0.0677. The first kappa shape index (κ1) is 12.8. The number of carbonyl (C=O) groups is 1. The van der Waals surface area contributed by atoms with Gasteiger partial charge in [-0.15, -0.1) is 11.6 Å². The van der Waals surface area contributed by atoms with Gasteiger partial charge >= 0.3 is 12.1 Å². The van der Waals surface area contributed by atoms with Crippen LogP contribution in [-0.4, -0.2) is 18.8 Å². The highest BCUT2D eigenvalue weighted by Crippen LogP contribution is 2.16. The first-order chi connectivity index (χ1) is 7.42. The topological polar surface area (TPSA) is 26.3 Å². The van der Waals surface area contributed by atoms with E-state index in [9.17, 15) is 18.0 Å². The van der Waals surface area contributed by atoms with Gasteiger partial charge in [0.1, 0.15) is 0 Å². The van der Waals surface area contributed by atoms with Gasteiger partial charge in [0.2, 0.25) is 0 Å². The summed E-state index contributed by atoms with van der Waals surface area (Å²) >= 11 is 5.51. The average Bonchev–Trinajstić information content (AvgIpc) is 2.25. The molecule has 88 valence electrons.